The minimum absolute atomic E-state index is 0.0119. The second-order valence-electron chi connectivity index (χ2n) is 4.26. The maximum Gasteiger partial charge on any atom is 0.0627 e. The first-order valence-corrected chi connectivity index (χ1v) is 5.52. The van der Waals surface area contributed by atoms with Crippen LogP contribution in [0.1, 0.15) is 12.8 Å². The van der Waals surface area contributed by atoms with Gasteiger partial charge in [-0.25, -0.2) is 0 Å². The molecular formula is C10H20N2O2. The van der Waals surface area contributed by atoms with Crippen LogP contribution >= 0.6 is 0 Å². The number of nitrogens with zero attached hydrogens (tertiary/aromatic N) is 1. The highest BCUT2D eigenvalue weighted by atomic mass is 16.5. The summed E-state index contributed by atoms with van der Waals surface area (Å²) in [6.45, 7) is 5.81. The van der Waals surface area contributed by atoms with Gasteiger partial charge >= 0.3 is 0 Å². The predicted octanol–water partition coefficient (Wildman–Crippen LogP) is -0.567. The Hall–Kier alpha value is -0.160. The minimum atomic E-state index is -0.0119. The fourth-order valence-corrected chi connectivity index (χ4v) is 2.49. The van der Waals surface area contributed by atoms with Crippen molar-refractivity contribution in [1.82, 2.24) is 10.2 Å². The maximum atomic E-state index is 9.57. The summed E-state index contributed by atoms with van der Waals surface area (Å²) < 4.78 is 5.34. The van der Waals surface area contributed by atoms with Crippen molar-refractivity contribution in [3.63, 3.8) is 0 Å². The Morgan fingerprint density at radius 3 is 2.71 bits per heavy atom. The van der Waals surface area contributed by atoms with E-state index in [0.29, 0.717) is 0 Å². The number of rotatable bonds is 2. The summed E-state index contributed by atoms with van der Waals surface area (Å²) in [4.78, 5) is 2.39. The summed E-state index contributed by atoms with van der Waals surface area (Å²) in [6.07, 6.45) is 2.27. The summed E-state index contributed by atoms with van der Waals surface area (Å²) >= 11 is 0. The van der Waals surface area contributed by atoms with E-state index in [-0.39, 0.29) is 12.1 Å². The average molecular weight is 200 g/mol. The third-order valence-corrected chi connectivity index (χ3v) is 3.43. The van der Waals surface area contributed by atoms with Gasteiger partial charge < -0.3 is 15.2 Å². The van der Waals surface area contributed by atoms with E-state index in [2.05, 4.69) is 10.2 Å². The molecule has 82 valence electrons. The number of piperidine rings is 1. The zero-order valence-corrected chi connectivity index (χ0v) is 8.67. The normalized spacial score (nSPS) is 35.8. The van der Waals surface area contributed by atoms with Gasteiger partial charge in [-0.2, -0.15) is 0 Å². The topological polar surface area (TPSA) is 44.7 Å². The quantitative estimate of drug-likeness (QED) is 0.627. The van der Waals surface area contributed by atoms with Crippen LogP contribution in [0.25, 0.3) is 0 Å². The van der Waals surface area contributed by atoms with Crippen LogP contribution in [0, 0.1) is 0 Å². The molecule has 0 bridgehead atoms. The lowest BCUT2D eigenvalue weighted by Gasteiger charge is -2.47. The molecule has 0 aromatic carbocycles. The lowest BCUT2D eigenvalue weighted by atomic mass is 9.88. The molecule has 0 radical (unpaired) electrons. The van der Waals surface area contributed by atoms with E-state index in [9.17, 15) is 5.11 Å². The van der Waals surface area contributed by atoms with Gasteiger partial charge in [-0.05, 0) is 19.4 Å². The number of ether oxygens (including phenoxy) is 1. The molecule has 2 fully saturated rings. The van der Waals surface area contributed by atoms with Gasteiger partial charge in [0.2, 0.25) is 0 Å². The lowest BCUT2D eigenvalue weighted by molar-refractivity contribution is -0.0533. The Morgan fingerprint density at radius 2 is 2.14 bits per heavy atom. The Kier molecular flexibility index (Phi) is 3.38. The van der Waals surface area contributed by atoms with Crippen LogP contribution in [0.5, 0.6) is 0 Å². The molecule has 0 saturated carbocycles. The molecule has 2 aliphatic rings. The van der Waals surface area contributed by atoms with Gasteiger partial charge in [0, 0.05) is 19.6 Å². The monoisotopic (exact) mass is 200 g/mol. The van der Waals surface area contributed by atoms with Crippen LogP contribution in [0.2, 0.25) is 0 Å². The predicted molar refractivity (Wildman–Crippen MR) is 54.3 cm³/mol. The molecule has 2 rings (SSSR count). The molecule has 2 aliphatic heterocycles. The minimum Gasteiger partial charge on any atom is -0.394 e. The van der Waals surface area contributed by atoms with E-state index >= 15 is 0 Å². The maximum absolute atomic E-state index is 9.57. The number of aliphatic hydroxyl groups excluding tert-OH is 1. The van der Waals surface area contributed by atoms with E-state index < -0.39 is 0 Å². The molecular weight excluding hydrogens is 180 g/mol. The van der Waals surface area contributed by atoms with E-state index in [1.807, 2.05) is 0 Å². The summed E-state index contributed by atoms with van der Waals surface area (Å²) in [5, 5.41) is 13.0. The molecule has 4 heteroatoms. The molecule has 2 saturated heterocycles. The van der Waals surface area contributed by atoms with Crippen molar-refractivity contribution in [2.75, 3.05) is 46.0 Å². The zero-order chi connectivity index (χ0) is 9.86. The SMILES string of the molecule is OCC1(N2CCOCC2)CCCNC1. The van der Waals surface area contributed by atoms with Gasteiger partial charge in [-0.15, -0.1) is 0 Å². The molecule has 0 aromatic rings. The Morgan fingerprint density at radius 1 is 1.36 bits per heavy atom. The van der Waals surface area contributed by atoms with Gasteiger partial charge in [0.1, 0.15) is 0 Å². The van der Waals surface area contributed by atoms with Crippen LogP contribution in [0.3, 0.4) is 0 Å². The number of nitrogens with one attached hydrogen (secondary N) is 1. The standard InChI is InChI=1S/C10H20N2O2/c13-9-10(2-1-3-11-8-10)12-4-6-14-7-5-12/h11,13H,1-9H2. The molecule has 2 heterocycles. The number of morpholine rings is 1. The van der Waals surface area contributed by atoms with Crippen LogP contribution in [-0.2, 0) is 4.74 Å². The van der Waals surface area contributed by atoms with E-state index in [1.165, 1.54) is 0 Å². The van der Waals surface area contributed by atoms with Crippen molar-refractivity contribution in [3.8, 4) is 0 Å². The van der Waals surface area contributed by atoms with E-state index in [0.717, 1.165) is 52.2 Å². The molecule has 0 aliphatic carbocycles. The van der Waals surface area contributed by atoms with Gasteiger partial charge in [-0.3, -0.25) is 4.90 Å². The molecule has 0 amide bonds. The Balaban J connectivity index is 2.01. The number of hydrogen-bond acceptors (Lipinski definition) is 4. The second kappa shape index (κ2) is 4.57. The van der Waals surface area contributed by atoms with Crippen LogP contribution in [0.4, 0.5) is 0 Å². The Bertz CT molecular complexity index is 175. The van der Waals surface area contributed by atoms with Crippen LogP contribution in [0.15, 0.2) is 0 Å². The average Bonchev–Trinajstić information content (AvgIpc) is 2.31. The van der Waals surface area contributed by atoms with Crippen molar-refractivity contribution in [2.45, 2.75) is 18.4 Å². The molecule has 14 heavy (non-hydrogen) atoms. The van der Waals surface area contributed by atoms with Crippen molar-refractivity contribution in [3.05, 3.63) is 0 Å². The van der Waals surface area contributed by atoms with Crippen molar-refractivity contribution >= 4 is 0 Å². The van der Waals surface area contributed by atoms with Gasteiger partial charge in [0.05, 0.1) is 25.4 Å². The van der Waals surface area contributed by atoms with Crippen molar-refractivity contribution in [1.29, 1.82) is 0 Å². The summed E-state index contributed by atoms with van der Waals surface area (Å²) in [7, 11) is 0. The molecule has 1 unspecified atom stereocenters. The molecule has 0 aromatic heterocycles. The highest BCUT2D eigenvalue weighted by Gasteiger charge is 2.37. The Labute approximate surface area is 85.2 Å². The molecule has 2 N–H and O–H groups in total. The first kappa shape index (κ1) is 10.4. The second-order valence-corrected chi connectivity index (χ2v) is 4.26. The fourth-order valence-electron chi connectivity index (χ4n) is 2.49. The van der Waals surface area contributed by atoms with Crippen LogP contribution in [-0.4, -0.2) is 61.5 Å². The highest BCUT2D eigenvalue weighted by Crippen LogP contribution is 2.24. The molecule has 1 atom stereocenters. The smallest absolute Gasteiger partial charge is 0.0627 e. The zero-order valence-electron chi connectivity index (χ0n) is 8.67. The molecule has 0 spiro atoms. The third kappa shape index (κ3) is 1.93. The van der Waals surface area contributed by atoms with Gasteiger partial charge in [-0.1, -0.05) is 0 Å². The lowest BCUT2D eigenvalue weighted by Crippen LogP contribution is -2.62. The van der Waals surface area contributed by atoms with Gasteiger partial charge in [0.15, 0.2) is 0 Å². The third-order valence-electron chi connectivity index (χ3n) is 3.43. The van der Waals surface area contributed by atoms with Crippen LogP contribution < -0.4 is 5.32 Å². The van der Waals surface area contributed by atoms with Crippen molar-refractivity contribution in [2.24, 2.45) is 0 Å². The summed E-state index contributed by atoms with van der Waals surface area (Å²) in [5.74, 6) is 0. The first-order chi connectivity index (χ1) is 6.87. The van der Waals surface area contributed by atoms with Crippen molar-refractivity contribution < 1.29 is 9.84 Å². The fraction of sp³-hybridized carbons (Fsp3) is 1.00. The van der Waals surface area contributed by atoms with E-state index in [4.69, 9.17) is 4.74 Å². The highest BCUT2D eigenvalue weighted by molar-refractivity contribution is 4.95. The largest absolute Gasteiger partial charge is 0.394 e. The first-order valence-electron chi connectivity index (χ1n) is 5.52. The molecule has 4 nitrogen and oxygen atoms in total. The van der Waals surface area contributed by atoms with E-state index in [1.54, 1.807) is 0 Å². The summed E-state index contributed by atoms with van der Waals surface area (Å²) in [5.41, 5.74) is -0.0119. The van der Waals surface area contributed by atoms with Gasteiger partial charge in [0.25, 0.3) is 0 Å². The summed E-state index contributed by atoms with van der Waals surface area (Å²) in [6, 6.07) is 0. The number of aliphatic hydroxyl groups is 1. The number of hydrogen-bond donors (Lipinski definition) is 2.